The van der Waals surface area contributed by atoms with E-state index in [1.165, 1.54) is 6.08 Å². The van der Waals surface area contributed by atoms with Gasteiger partial charge in [-0.2, -0.15) is 0 Å². The molecule has 0 saturated carbocycles. The molecule has 0 rings (SSSR count). The Labute approximate surface area is 87.6 Å². The van der Waals surface area contributed by atoms with Crippen molar-refractivity contribution in [2.75, 3.05) is 7.05 Å². The Morgan fingerprint density at radius 1 is 1.50 bits per heavy atom. The zero-order valence-corrected chi connectivity index (χ0v) is 10.7. The summed E-state index contributed by atoms with van der Waals surface area (Å²) in [6.45, 7) is 11.2. The first-order valence-corrected chi connectivity index (χ1v) is 7.85. The lowest BCUT2D eigenvalue weighted by Crippen LogP contribution is -2.56. The topological polar surface area (TPSA) is 40.5 Å². The van der Waals surface area contributed by atoms with E-state index < -0.39 is 8.32 Å². The molecule has 1 N–H and O–H groups in total. The molecule has 14 heavy (non-hydrogen) atoms. The highest BCUT2D eigenvalue weighted by atomic mass is 28.4. The van der Waals surface area contributed by atoms with Crippen molar-refractivity contribution in [3.8, 4) is 0 Å². The van der Waals surface area contributed by atoms with Crippen molar-refractivity contribution < 1.29 is 9.59 Å². The van der Waals surface area contributed by atoms with E-state index in [0.29, 0.717) is 0 Å². The smallest absolute Gasteiger partial charge is 0.245 e. The average Bonchev–Trinajstić information content (AvgIpc) is 1.99. The van der Waals surface area contributed by atoms with Crippen LogP contribution in [0.25, 0.3) is 0 Å². The van der Waals surface area contributed by atoms with Crippen molar-refractivity contribution in [3.63, 3.8) is 0 Å². The molecule has 0 spiro atoms. The number of carbonyl (C=O) groups is 1. The third-order valence-electron chi connectivity index (χ3n) is 2.29. The van der Waals surface area contributed by atoms with E-state index in [-0.39, 0.29) is 17.5 Å². The zero-order valence-electron chi connectivity index (χ0n) is 9.74. The Balaban J connectivity index is 4.84. The van der Waals surface area contributed by atoms with Gasteiger partial charge in [-0.05, 0) is 25.1 Å². The summed E-state index contributed by atoms with van der Waals surface area (Å²) >= 11 is 0. The molecule has 0 saturated heterocycles. The van der Waals surface area contributed by atoms with Gasteiger partial charge < -0.3 is 9.70 Å². The first-order valence-electron chi connectivity index (χ1n) is 4.83. The highest BCUT2D eigenvalue weighted by Gasteiger charge is 2.37. The van der Waals surface area contributed by atoms with E-state index >= 15 is 0 Å². The van der Waals surface area contributed by atoms with Gasteiger partial charge in [-0.1, -0.05) is 20.4 Å². The fourth-order valence-corrected chi connectivity index (χ4v) is 4.72. The molecule has 0 aromatic carbocycles. The van der Waals surface area contributed by atoms with E-state index in [4.69, 9.17) is 0 Å². The van der Waals surface area contributed by atoms with Gasteiger partial charge in [-0.25, -0.2) is 0 Å². The van der Waals surface area contributed by atoms with Gasteiger partial charge in [0.25, 0.3) is 0 Å². The Hall–Kier alpha value is -0.613. The van der Waals surface area contributed by atoms with Crippen LogP contribution in [-0.4, -0.2) is 36.6 Å². The number of hydrogen-bond donors (Lipinski definition) is 1. The molecule has 1 amide bonds. The van der Waals surface area contributed by atoms with Gasteiger partial charge in [0.2, 0.25) is 14.2 Å². The predicted octanol–water partition coefficient (Wildman–Crippen LogP) is 1.39. The minimum atomic E-state index is -2.33. The van der Waals surface area contributed by atoms with Crippen LogP contribution < -0.4 is 0 Å². The molecular formula is C10H21NO2Si. The Bertz CT molecular complexity index is 221. The lowest BCUT2D eigenvalue weighted by molar-refractivity contribution is -0.126. The second kappa shape index (κ2) is 4.75. The largest absolute Gasteiger partial charge is 0.430 e. The number of carbonyl (C=O) groups excluding carboxylic acids is 1. The molecule has 82 valence electrons. The first kappa shape index (κ1) is 13.4. The van der Waals surface area contributed by atoms with Crippen LogP contribution in [0.15, 0.2) is 12.7 Å². The fraction of sp³-hybridized carbons (Fsp3) is 0.700. The summed E-state index contributed by atoms with van der Waals surface area (Å²) in [5, 5.41) is 0. The lowest BCUT2D eigenvalue weighted by atomic mass is 10.2. The normalized spacial score (nSPS) is 13.9. The minimum absolute atomic E-state index is 0.0620. The molecule has 0 aliphatic rings. The second-order valence-corrected chi connectivity index (χ2v) is 8.39. The van der Waals surface area contributed by atoms with Gasteiger partial charge in [-0.15, -0.1) is 0 Å². The summed E-state index contributed by atoms with van der Waals surface area (Å²) in [4.78, 5) is 23.1. The molecule has 0 aromatic heterocycles. The van der Waals surface area contributed by atoms with Crippen LogP contribution in [0.2, 0.25) is 13.1 Å². The van der Waals surface area contributed by atoms with Crippen LogP contribution in [0.4, 0.5) is 0 Å². The van der Waals surface area contributed by atoms with Crippen LogP contribution in [0.5, 0.6) is 0 Å². The molecule has 0 fully saturated rings. The molecule has 4 heteroatoms. The molecule has 0 aromatic rings. The fourth-order valence-electron chi connectivity index (χ4n) is 2.02. The minimum Gasteiger partial charge on any atom is -0.430 e. The maximum absolute atomic E-state index is 11.4. The number of nitrogens with zero attached hydrogens (tertiary/aromatic N) is 1. The average molecular weight is 215 g/mol. The molecule has 0 bridgehead atoms. The molecule has 3 nitrogen and oxygen atoms in total. The van der Waals surface area contributed by atoms with Gasteiger partial charge in [0.05, 0.1) is 5.67 Å². The Morgan fingerprint density at radius 3 is 2.14 bits per heavy atom. The third kappa shape index (κ3) is 3.27. The van der Waals surface area contributed by atoms with E-state index in [0.717, 1.165) is 0 Å². The van der Waals surface area contributed by atoms with Crippen LogP contribution in [0.1, 0.15) is 13.8 Å². The van der Waals surface area contributed by atoms with Crippen LogP contribution in [-0.2, 0) is 4.79 Å². The van der Waals surface area contributed by atoms with Crippen molar-refractivity contribution in [2.45, 2.75) is 32.6 Å². The molecule has 0 heterocycles. The van der Waals surface area contributed by atoms with Crippen molar-refractivity contribution in [1.29, 1.82) is 0 Å². The number of hydrogen-bond acceptors (Lipinski definition) is 2. The highest BCUT2D eigenvalue weighted by Crippen LogP contribution is 2.19. The summed E-state index contributed by atoms with van der Waals surface area (Å²) < 4.78 is 0. The first-order chi connectivity index (χ1) is 6.21. The summed E-state index contributed by atoms with van der Waals surface area (Å²) in [6.07, 6.45) is 1.29. The van der Waals surface area contributed by atoms with Gasteiger partial charge in [0.1, 0.15) is 0 Å². The standard InChI is InChI=1S/C10H21NO2Si/c1-7-9(12)11(4)10(8(2)3)14(5,6)13/h7-8,10,13H,1H2,2-6H3. The summed E-state index contributed by atoms with van der Waals surface area (Å²) in [7, 11) is -0.613. The summed E-state index contributed by atoms with van der Waals surface area (Å²) in [5.74, 6) is 0.133. The number of amides is 1. The van der Waals surface area contributed by atoms with Gasteiger partial charge in [-0.3, -0.25) is 4.79 Å². The molecule has 0 radical (unpaired) electrons. The summed E-state index contributed by atoms with van der Waals surface area (Å²) in [5.41, 5.74) is -0.0620. The van der Waals surface area contributed by atoms with Gasteiger partial charge in [0.15, 0.2) is 0 Å². The van der Waals surface area contributed by atoms with E-state index in [2.05, 4.69) is 6.58 Å². The Kier molecular flexibility index (Phi) is 4.54. The van der Waals surface area contributed by atoms with Crippen molar-refractivity contribution in [1.82, 2.24) is 4.90 Å². The molecule has 1 unspecified atom stereocenters. The zero-order chi connectivity index (χ0) is 11.5. The number of likely N-dealkylation sites (N-methyl/N-ethyl adjacent to an activating group) is 1. The van der Waals surface area contributed by atoms with Crippen molar-refractivity contribution in [2.24, 2.45) is 5.92 Å². The molecular weight excluding hydrogens is 194 g/mol. The molecule has 1 atom stereocenters. The number of rotatable bonds is 4. The summed E-state index contributed by atoms with van der Waals surface area (Å²) in [6, 6.07) is 0. The quantitative estimate of drug-likeness (QED) is 0.569. The van der Waals surface area contributed by atoms with Crippen molar-refractivity contribution >= 4 is 14.2 Å². The van der Waals surface area contributed by atoms with E-state index in [1.54, 1.807) is 11.9 Å². The van der Waals surface area contributed by atoms with Crippen LogP contribution in [0, 0.1) is 5.92 Å². The van der Waals surface area contributed by atoms with Crippen LogP contribution in [0.3, 0.4) is 0 Å². The molecule has 0 aliphatic carbocycles. The highest BCUT2D eigenvalue weighted by molar-refractivity contribution is 6.71. The third-order valence-corrected chi connectivity index (χ3v) is 4.80. The maximum Gasteiger partial charge on any atom is 0.245 e. The van der Waals surface area contributed by atoms with Gasteiger partial charge >= 0.3 is 0 Å². The van der Waals surface area contributed by atoms with Crippen molar-refractivity contribution in [3.05, 3.63) is 12.7 Å². The second-order valence-electron chi connectivity index (χ2n) is 4.50. The van der Waals surface area contributed by atoms with E-state index in [1.807, 2.05) is 26.9 Å². The lowest BCUT2D eigenvalue weighted by Gasteiger charge is -2.37. The molecule has 0 aliphatic heterocycles. The SMILES string of the molecule is C=CC(=O)N(C)C(C(C)C)[Si](C)(C)O. The predicted molar refractivity (Wildman–Crippen MR) is 61.3 cm³/mol. The van der Waals surface area contributed by atoms with E-state index in [9.17, 15) is 9.59 Å². The maximum atomic E-state index is 11.4. The Morgan fingerprint density at radius 2 is 1.93 bits per heavy atom. The monoisotopic (exact) mass is 215 g/mol. The van der Waals surface area contributed by atoms with Gasteiger partial charge in [0, 0.05) is 7.05 Å². The van der Waals surface area contributed by atoms with Crippen LogP contribution >= 0.6 is 0 Å².